The Morgan fingerprint density at radius 1 is 1.47 bits per heavy atom. The molecule has 0 amide bonds. The molecule has 0 aliphatic carbocycles. The lowest BCUT2D eigenvalue weighted by atomic mass is 10.2. The van der Waals surface area contributed by atoms with Gasteiger partial charge in [-0.25, -0.2) is 0 Å². The molecule has 0 aliphatic rings. The maximum Gasteiger partial charge on any atom is 0.277 e. The van der Waals surface area contributed by atoms with Crippen molar-refractivity contribution < 1.29 is 9.90 Å². The second-order valence-corrected chi connectivity index (χ2v) is 4.48. The Balaban J connectivity index is 2.72. The standard InChI is InChI=1S/C13H11ClN2O3/c1-7-6-15-9(8(2)17)5-10(7)16-4-3-11(18)12(14)13(16)19/h3-6,18H,1-2H3. The normalized spacial score (nSPS) is 10.5. The molecule has 0 atom stereocenters. The third-order valence-corrected chi connectivity index (χ3v) is 3.06. The van der Waals surface area contributed by atoms with Crippen molar-refractivity contribution in [2.75, 3.05) is 0 Å². The fourth-order valence-corrected chi connectivity index (χ4v) is 1.81. The van der Waals surface area contributed by atoms with Gasteiger partial charge in [0.2, 0.25) is 0 Å². The van der Waals surface area contributed by atoms with E-state index in [2.05, 4.69) is 4.98 Å². The molecule has 6 heteroatoms. The Kier molecular flexibility index (Phi) is 3.40. The van der Waals surface area contributed by atoms with Gasteiger partial charge in [-0.2, -0.15) is 0 Å². The number of aryl methyl sites for hydroxylation is 1. The third kappa shape index (κ3) is 2.37. The first-order chi connectivity index (χ1) is 8.91. The van der Waals surface area contributed by atoms with Gasteiger partial charge in [-0.1, -0.05) is 11.6 Å². The molecule has 0 aliphatic heterocycles. The predicted molar refractivity (Wildman–Crippen MR) is 71.3 cm³/mol. The Bertz CT molecular complexity index is 722. The molecule has 0 saturated heterocycles. The van der Waals surface area contributed by atoms with E-state index in [0.717, 1.165) is 0 Å². The number of hydrogen-bond acceptors (Lipinski definition) is 4. The van der Waals surface area contributed by atoms with Crippen LogP contribution in [0, 0.1) is 6.92 Å². The summed E-state index contributed by atoms with van der Waals surface area (Å²) in [5.41, 5.74) is 0.933. The number of aromatic nitrogens is 2. The molecular formula is C13H11ClN2O3. The maximum atomic E-state index is 12.0. The van der Waals surface area contributed by atoms with Crippen LogP contribution in [-0.2, 0) is 0 Å². The van der Waals surface area contributed by atoms with Crippen molar-refractivity contribution in [2.24, 2.45) is 0 Å². The van der Waals surface area contributed by atoms with Crippen LogP contribution in [0.4, 0.5) is 0 Å². The summed E-state index contributed by atoms with van der Waals surface area (Å²) in [7, 11) is 0. The fourth-order valence-electron chi connectivity index (χ4n) is 1.66. The smallest absolute Gasteiger partial charge is 0.277 e. The zero-order chi connectivity index (χ0) is 14.2. The van der Waals surface area contributed by atoms with Crippen molar-refractivity contribution in [3.05, 3.63) is 51.2 Å². The molecule has 1 N–H and O–H groups in total. The minimum Gasteiger partial charge on any atom is -0.506 e. The largest absolute Gasteiger partial charge is 0.506 e. The summed E-state index contributed by atoms with van der Waals surface area (Å²) < 4.78 is 1.27. The minimum absolute atomic E-state index is 0.195. The average molecular weight is 279 g/mol. The van der Waals surface area contributed by atoms with Gasteiger partial charge in [0.05, 0.1) is 5.69 Å². The first kappa shape index (κ1) is 13.3. The quantitative estimate of drug-likeness (QED) is 0.854. The molecule has 2 aromatic rings. The van der Waals surface area contributed by atoms with E-state index < -0.39 is 5.56 Å². The first-order valence-corrected chi connectivity index (χ1v) is 5.87. The second-order valence-electron chi connectivity index (χ2n) is 4.10. The van der Waals surface area contributed by atoms with Crippen LogP contribution in [0.15, 0.2) is 29.3 Å². The number of rotatable bonds is 2. The van der Waals surface area contributed by atoms with E-state index in [1.165, 1.54) is 36.0 Å². The summed E-state index contributed by atoms with van der Waals surface area (Å²) in [6.07, 6.45) is 2.91. The van der Waals surface area contributed by atoms with Crippen LogP contribution in [0.3, 0.4) is 0 Å². The van der Waals surface area contributed by atoms with Gasteiger partial charge < -0.3 is 5.11 Å². The van der Waals surface area contributed by atoms with E-state index in [1.54, 1.807) is 6.92 Å². The van der Waals surface area contributed by atoms with Crippen LogP contribution in [0.25, 0.3) is 5.69 Å². The average Bonchev–Trinajstić information content (AvgIpc) is 2.37. The Morgan fingerprint density at radius 2 is 2.16 bits per heavy atom. The van der Waals surface area contributed by atoms with Gasteiger partial charge in [0.15, 0.2) is 5.78 Å². The van der Waals surface area contributed by atoms with E-state index >= 15 is 0 Å². The van der Waals surface area contributed by atoms with Crippen molar-refractivity contribution in [3.8, 4) is 11.4 Å². The molecule has 0 unspecified atom stereocenters. The van der Waals surface area contributed by atoms with Gasteiger partial charge in [0.1, 0.15) is 16.5 Å². The molecule has 98 valence electrons. The molecule has 0 saturated carbocycles. The molecule has 0 radical (unpaired) electrons. The van der Waals surface area contributed by atoms with E-state index in [0.29, 0.717) is 11.3 Å². The summed E-state index contributed by atoms with van der Waals surface area (Å²) in [5, 5.41) is 9.11. The van der Waals surface area contributed by atoms with Gasteiger partial charge in [0.25, 0.3) is 5.56 Å². The van der Waals surface area contributed by atoms with Gasteiger partial charge in [-0.15, -0.1) is 0 Å². The van der Waals surface area contributed by atoms with E-state index in [-0.39, 0.29) is 22.2 Å². The molecule has 19 heavy (non-hydrogen) atoms. The highest BCUT2D eigenvalue weighted by Gasteiger charge is 2.12. The van der Waals surface area contributed by atoms with Crippen LogP contribution in [-0.4, -0.2) is 20.4 Å². The summed E-state index contributed by atoms with van der Waals surface area (Å²) in [6.45, 7) is 3.16. The molecule has 5 nitrogen and oxygen atoms in total. The van der Waals surface area contributed by atoms with Crippen molar-refractivity contribution in [1.29, 1.82) is 0 Å². The summed E-state index contributed by atoms with van der Waals surface area (Å²) in [6, 6.07) is 2.84. The number of carbonyl (C=O) groups excluding carboxylic acids is 1. The maximum absolute atomic E-state index is 12.0. The number of carbonyl (C=O) groups is 1. The van der Waals surface area contributed by atoms with Crippen LogP contribution < -0.4 is 5.56 Å². The summed E-state index contributed by atoms with van der Waals surface area (Å²) in [4.78, 5) is 27.3. The highest BCUT2D eigenvalue weighted by atomic mass is 35.5. The minimum atomic E-state index is -0.550. The number of nitrogens with zero attached hydrogens (tertiary/aromatic N) is 2. The monoisotopic (exact) mass is 278 g/mol. The molecule has 0 spiro atoms. The van der Waals surface area contributed by atoms with Gasteiger partial charge in [-0.05, 0) is 24.6 Å². The molecule has 0 bridgehead atoms. The predicted octanol–water partition coefficient (Wildman–Crippen LogP) is 2.10. The summed E-state index contributed by atoms with van der Waals surface area (Å²) in [5.74, 6) is -0.472. The number of ketones is 1. The number of hydrogen-bond donors (Lipinski definition) is 1. The highest BCUT2D eigenvalue weighted by Crippen LogP contribution is 2.20. The molecule has 2 aromatic heterocycles. The Morgan fingerprint density at radius 3 is 2.79 bits per heavy atom. The van der Waals surface area contributed by atoms with Crippen molar-refractivity contribution in [3.63, 3.8) is 0 Å². The first-order valence-electron chi connectivity index (χ1n) is 5.50. The van der Waals surface area contributed by atoms with E-state index in [1.807, 2.05) is 0 Å². The van der Waals surface area contributed by atoms with Gasteiger partial charge in [0, 0.05) is 19.3 Å². The lowest BCUT2D eigenvalue weighted by Gasteiger charge is -2.10. The molecule has 0 fully saturated rings. The van der Waals surface area contributed by atoms with Gasteiger partial charge >= 0.3 is 0 Å². The van der Waals surface area contributed by atoms with Crippen LogP contribution in [0.1, 0.15) is 23.0 Å². The van der Waals surface area contributed by atoms with Crippen LogP contribution >= 0.6 is 11.6 Å². The van der Waals surface area contributed by atoms with Crippen LogP contribution in [0.2, 0.25) is 5.02 Å². The Labute approximate surface area is 114 Å². The molecule has 2 rings (SSSR count). The number of aromatic hydroxyl groups is 1. The number of pyridine rings is 2. The fraction of sp³-hybridized carbons (Fsp3) is 0.154. The molecular weight excluding hydrogens is 268 g/mol. The van der Waals surface area contributed by atoms with Crippen molar-refractivity contribution >= 4 is 17.4 Å². The SMILES string of the molecule is CC(=O)c1cc(-n2ccc(O)c(Cl)c2=O)c(C)cn1. The van der Waals surface area contributed by atoms with E-state index in [9.17, 15) is 14.7 Å². The van der Waals surface area contributed by atoms with Crippen molar-refractivity contribution in [2.45, 2.75) is 13.8 Å². The molecule has 0 aromatic carbocycles. The third-order valence-electron chi connectivity index (χ3n) is 2.71. The lowest BCUT2D eigenvalue weighted by Crippen LogP contribution is -2.19. The number of halogens is 1. The zero-order valence-corrected chi connectivity index (χ0v) is 11.1. The van der Waals surface area contributed by atoms with Gasteiger partial charge in [-0.3, -0.25) is 19.1 Å². The lowest BCUT2D eigenvalue weighted by molar-refractivity contribution is 0.101. The zero-order valence-electron chi connectivity index (χ0n) is 10.3. The topological polar surface area (TPSA) is 72.2 Å². The number of Topliss-reactive ketones (excluding diaryl/α,β-unsaturated/α-hetero) is 1. The summed E-state index contributed by atoms with van der Waals surface area (Å²) >= 11 is 5.72. The molecule has 2 heterocycles. The van der Waals surface area contributed by atoms with Crippen molar-refractivity contribution in [1.82, 2.24) is 9.55 Å². The van der Waals surface area contributed by atoms with Crippen LogP contribution in [0.5, 0.6) is 5.75 Å². The second kappa shape index (κ2) is 4.85. The Hall–Kier alpha value is -2.14. The highest BCUT2D eigenvalue weighted by molar-refractivity contribution is 6.31. The van der Waals surface area contributed by atoms with E-state index in [4.69, 9.17) is 11.6 Å².